The van der Waals surface area contributed by atoms with Crippen molar-refractivity contribution in [3.05, 3.63) is 29.8 Å². The Bertz CT molecular complexity index is 508. The van der Waals surface area contributed by atoms with E-state index in [0.29, 0.717) is 25.2 Å². The van der Waals surface area contributed by atoms with Crippen LogP contribution in [-0.2, 0) is 16.0 Å². The van der Waals surface area contributed by atoms with Gasteiger partial charge < -0.3 is 14.8 Å². The third-order valence-corrected chi connectivity index (χ3v) is 4.34. The van der Waals surface area contributed by atoms with Crippen LogP contribution in [0.4, 0.5) is 0 Å². The van der Waals surface area contributed by atoms with Crippen LogP contribution in [0.3, 0.4) is 0 Å². The van der Waals surface area contributed by atoms with Crippen molar-refractivity contribution in [3.63, 3.8) is 0 Å². The Morgan fingerprint density at radius 3 is 2.56 bits per heavy atom. The van der Waals surface area contributed by atoms with Crippen LogP contribution in [0.2, 0.25) is 0 Å². The van der Waals surface area contributed by atoms with Crippen LogP contribution in [0.15, 0.2) is 24.3 Å². The first-order chi connectivity index (χ1) is 12.1. The Kier molecular flexibility index (Phi) is 8.22. The number of ether oxygens (including phenoxy) is 2. The Balaban J connectivity index is 1.57. The van der Waals surface area contributed by atoms with Gasteiger partial charge in [-0.2, -0.15) is 0 Å². The molecule has 5 nitrogen and oxygen atoms in total. The molecule has 1 aromatic rings. The number of carbonyl (C=O) groups excluding carboxylic acids is 1. The summed E-state index contributed by atoms with van der Waals surface area (Å²) >= 11 is 0. The van der Waals surface area contributed by atoms with E-state index in [1.54, 1.807) is 0 Å². The number of rotatable bonds is 9. The second kappa shape index (κ2) is 10.4. The van der Waals surface area contributed by atoms with E-state index in [4.69, 9.17) is 9.47 Å². The number of aryl methyl sites for hydroxylation is 1. The van der Waals surface area contributed by atoms with Gasteiger partial charge in [0, 0.05) is 32.6 Å². The molecule has 140 valence electrons. The molecule has 0 aromatic heterocycles. The predicted octanol–water partition coefficient (Wildman–Crippen LogP) is 2.63. The summed E-state index contributed by atoms with van der Waals surface area (Å²) < 4.78 is 11.2. The highest BCUT2D eigenvalue weighted by Gasteiger charge is 2.21. The van der Waals surface area contributed by atoms with Gasteiger partial charge in [0.05, 0.1) is 18.8 Å². The van der Waals surface area contributed by atoms with Gasteiger partial charge in [0.2, 0.25) is 5.91 Å². The van der Waals surface area contributed by atoms with Gasteiger partial charge >= 0.3 is 0 Å². The molecule has 0 saturated carbocycles. The maximum absolute atomic E-state index is 12.0. The van der Waals surface area contributed by atoms with Crippen molar-refractivity contribution in [1.82, 2.24) is 10.2 Å². The van der Waals surface area contributed by atoms with Crippen LogP contribution < -0.4 is 10.1 Å². The zero-order valence-corrected chi connectivity index (χ0v) is 15.8. The summed E-state index contributed by atoms with van der Waals surface area (Å²) in [7, 11) is 0. The van der Waals surface area contributed by atoms with Crippen LogP contribution >= 0.6 is 0 Å². The van der Waals surface area contributed by atoms with E-state index in [2.05, 4.69) is 24.1 Å². The first-order valence-electron chi connectivity index (χ1n) is 9.43. The summed E-state index contributed by atoms with van der Waals surface area (Å²) in [5, 5.41) is 3.03. The van der Waals surface area contributed by atoms with E-state index in [1.807, 2.05) is 31.2 Å². The highest BCUT2D eigenvalue weighted by molar-refractivity contribution is 5.76. The molecule has 1 aliphatic heterocycles. The van der Waals surface area contributed by atoms with Crippen molar-refractivity contribution in [2.45, 2.75) is 52.2 Å². The Morgan fingerprint density at radius 2 is 1.92 bits per heavy atom. The molecule has 1 heterocycles. The van der Waals surface area contributed by atoms with Crippen molar-refractivity contribution in [3.8, 4) is 5.75 Å². The highest BCUT2D eigenvalue weighted by atomic mass is 16.5. The number of hydrogen-bond donors (Lipinski definition) is 1. The number of morpholine rings is 1. The van der Waals surface area contributed by atoms with Crippen molar-refractivity contribution in [1.29, 1.82) is 0 Å². The molecule has 1 aromatic carbocycles. The molecule has 0 aliphatic carbocycles. The minimum absolute atomic E-state index is 0.123. The fourth-order valence-corrected chi connectivity index (χ4v) is 3.26. The molecule has 2 unspecified atom stereocenters. The van der Waals surface area contributed by atoms with Gasteiger partial charge in [-0.15, -0.1) is 0 Å². The summed E-state index contributed by atoms with van der Waals surface area (Å²) in [5.74, 6) is 1.00. The number of nitrogens with one attached hydrogen (secondary N) is 1. The molecule has 1 N–H and O–H groups in total. The minimum atomic E-state index is 0.123. The Labute approximate surface area is 151 Å². The minimum Gasteiger partial charge on any atom is -0.494 e. The molecule has 25 heavy (non-hydrogen) atoms. The van der Waals surface area contributed by atoms with E-state index in [9.17, 15) is 4.79 Å². The lowest BCUT2D eigenvalue weighted by Gasteiger charge is -2.35. The molecule has 0 spiro atoms. The van der Waals surface area contributed by atoms with Gasteiger partial charge in [-0.25, -0.2) is 0 Å². The molecule has 0 bridgehead atoms. The van der Waals surface area contributed by atoms with E-state index in [0.717, 1.165) is 50.3 Å². The average Bonchev–Trinajstić information content (AvgIpc) is 2.57. The summed E-state index contributed by atoms with van der Waals surface area (Å²) in [6, 6.07) is 7.97. The molecule has 2 rings (SSSR count). The first kappa shape index (κ1) is 19.7. The monoisotopic (exact) mass is 348 g/mol. The normalized spacial score (nSPS) is 21.1. The van der Waals surface area contributed by atoms with E-state index >= 15 is 0 Å². The van der Waals surface area contributed by atoms with E-state index in [1.165, 1.54) is 0 Å². The zero-order valence-electron chi connectivity index (χ0n) is 15.8. The fraction of sp³-hybridized carbons (Fsp3) is 0.650. The molecular weight excluding hydrogens is 316 g/mol. The van der Waals surface area contributed by atoms with Crippen molar-refractivity contribution in [2.24, 2.45) is 0 Å². The second-order valence-electron chi connectivity index (χ2n) is 6.80. The van der Waals surface area contributed by atoms with Crippen molar-refractivity contribution >= 4 is 5.91 Å². The molecule has 2 atom stereocenters. The molecule has 1 aliphatic rings. The van der Waals surface area contributed by atoms with Crippen molar-refractivity contribution in [2.75, 3.05) is 32.8 Å². The standard InChI is InChI=1S/C20H32N2O3/c1-4-24-19-9-6-18(7-10-19)8-11-20(23)21-12-5-13-22-14-16(2)25-17(3)15-22/h6-7,9-10,16-17H,4-5,8,11-15H2,1-3H3,(H,21,23). The van der Waals surface area contributed by atoms with Gasteiger partial charge in [-0.1, -0.05) is 12.1 Å². The summed E-state index contributed by atoms with van der Waals surface area (Å²) in [6.45, 7) is 10.6. The largest absolute Gasteiger partial charge is 0.494 e. The van der Waals surface area contributed by atoms with Gasteiger partial charge in [0.1, 0.15) is 5.75 Å². The lowest BCUT2D eigenvalue weighted by atomic mass is 10.1. The number of carbonyl (C=O) groups is 1. The zero-order chi connectivity index (χ0) is 18.1. The van der Waals surface area contributed by atoms with Gasteiger partial charge in [0.15, 0.2) is 0 Å². The molecule has 5 heteroatoms. The van der Waals surface area contributed by atoms with E-state index in [-0.39, 0.29) is 5.91 Å². The highest BCUT2D eigenvalue weighted by Crippen LogP contribution is 2.13. The summed E-state index contributed by atoms with van der Waals surface area (Å²) in [4.78, 5) is 14.4. The van der Waals surface area contributed by atoms with Crippen LogP contribution in [0.25, 0.3) is 0 Å². The first-order valence-corrected chi connectivity index (χ1v) is 9.43. The fourth-order valence-electron chi connectivity index (χ4n) is 3.26. The average molecular weight is 348 g/mol. The van der Waals surface area contributed by atoms with Crippen LogP contribution in [0.1, 0.15) is 39.2 Å². The van der Waals surface area contributed by atoms with Gasteiger partial charge in [-0.05, 0) is 51.3 Å². The molecule has 1 amide bonds. The summed E-state index contributed by atoms with van der Waals surface area (Å²) in [6.07, 6.45) is 2.87. The van der Waals surface area contributed by atoms with E-state index < -0.39 is 0 Å². The predicted molar refractivity (Wildman–Crippen MR) is 100 cm³/mol. The maximum Gasteiger partial charge on any atom is 0.220 e. The van der Waals surface area contributed by atoms with Crippen LogP contribution in [0.5, 0.6) is 5.75 Å². The lowest BCUT2D eigenvalue weighted by Crippen LogP contribution is -2.46. The smallest absolute Gasteiger partial charge is 0.220 e. The quantitative estimate of drug-likeness (QED) is 0.697. The third-order valence-electron chi connectivity index (χ3n) is 4.34. The number of nitrogens with zero attached hydrogens (tertiary/aromatic N) is 1. The molecule has 1 fully saturated rings. The number of hydrogen-bond acceptors (Lipinski definition) is 4. The SMILES string of the molecule is CCOc1ccc(CCC(=O)NCCCN2CC(C)OC(C)C2)cc1. The van der Waals surface area contributed by atoms with Crippen molar-refractivity contribution < 1.29 is 14.3 Å². The lowest BCUT2D eigenvalue weighted by molar-refractivity contribution is -0.121. The molecule has 1 saturated heterocycles. The third kappa shape index (κ3) is 7.45. The number of amides is 1. The van der Waals surface area contributed by atoms with Crippen LogP contribution in [0, 0.1) is 0 Å². The molecular formula is C20H32N2O3. The summed E-state index contributed by atoms with van der Waals surface area (Å²) in [5.41, 5.74) is 1.16. The number of benzene rings is 1. The second-order valence-corrected chi connectivity index (χ2v) is 6.80. The maximum atomic E-state index is 12.0. The topological polar surface area (TPSA) is 50.8 Å². The molecule has 0 radical (unpaired) electrons. The Hall–Kier alpha value is -1.59. The Morgan fingerprint density at radius 1 is 1.24 bits per heavy atom. The van der Waals surface area contributed by atoms with Crippen LogP contribution in [-0.4, -0.2) is 55.8 Å². The van der Waals surface area contributed by atoms with Gasteiger partial charge in [-0.3, -0.25) is 9.69 Å². The van der Waals surface area contributed by atoms with Gasteiger partial charge in [0.25, 0.3) is 0 Å².